The number of nitrogens with zero attached hydrogens (tertiary/aromatic N) is 1. The molecule has 0 radical (unpaired) electrons. The molecular weight excluding hydrogens is 210 g/mol. The van der Waals surface area contributed by atoms with Gasteiger partial charge in [-0.05, 0) is 24.3 Å². The van der Waals surface area contributed by atoms with Crippen molar-refractivity contribution < 1.29 is 0 Å². The van der Waals surface area contributed by atoms with Crippen LogP contribution in [0, 0.1) is 0 Å². The molecule has 3 nitrogen and oxygen atoms in total. The van der Waals surface area contributed by atoms with Gasteiger partial charge in [-0.25, -0.2) is 0 Å². The molecule has 3 rings (SSSR count). The average Bonchev–Trinajstić information content (AvgIpc) is 2.80. The van der Waals surface area contributed by atoms with Crippen LogP contribution in [0.4, 0.5) is 5.69 Å². The van der Waals surface area contributed by atoms with Crippen LogP contribution in [0.1, 0.15) is 5.69 Å². The Bertz CT molecular complexity index is 580. The molecular formula is C14H13N3. The third kappa shape index (κ3) is 2.13. The van der Waals surface area contributed by atoms with Gasteiger partial charge in [0.1, 0.15) is 0 Å². The number of aromatic nitrogens is 2. The van der Waals surface area contributed by atoms with Gasteiger partial charge < -0.3 is 10.3 Å². The number of benzene rings is 1. The van der Waals surface area contributed by atoms with Crippen LogP contribution >= 0.6 is 0 Å². The number of H-pyrrole nitrogens is 1. The molecule has 0 aliphatic rings. The number of aromatic amines is 1. The van der Waals surface area contributed by atoms with E-state index in [1.54, 1.807) is 0 Å². The van der Waals surface area contributed by atoms with Crippen LogP contribution in [-0.2, 0) is 6.54 Å². The zero-order valence-electron chi connectivity index (χ0n) is 9.35. The van der Waals surface area contributed by atoms with Crippen molar-refractivity contribution in [1.29, 1.82) is 0 Å². The van der Waals surface area contributed by atoms with Gasteiger partial charge in [0.05, 0.1) is 18.3 Å². The molecule has 0 saturated carbocycles. The number of anilines is 1. The molecule has 0 bridgehead atoms. The van der Waals surface area contributed by atoms with E-state index in [2.05, 4.69) is 33.5 Å². The fraction of sp³-hybridized carbons (Fsp3) is 0.0714. The van der Waals surface area contributed by atoms with Gasteiger partial charge in [-0.15, -0.1) is 0 Å². The van der Waals surface area contributed by atoms with Crippen LogP contribution < -0.4 is 5.32 Å². The van der Waals surface area contributed by atoms with Crippen LogP contribution in [0.25, 0.3) is 10.9 Å². The maximum Gasteiger partial charge on any atom is 0.0643 e. The quantitative estimate of drug-likeness (QED) is 0.716. The first kappa shape index (κ1) is 9.90. The SMILES string of the molecule is c1ccc(NCc2cc3ccncc3[nH]2)cc1. The third-order valence-electron chi connectivity index (χ3n) is 2.74. The minimum absolute atomic E-state index is 0.790. The Balaban J connectivity index is 1.77. The summed E-state index contributed by atoms with van der Waals surface area (Å²) < 4.78 is 0. The first-order valence-electron chi connectivity index (χ1n) is 5.62. The number of nitrogens with one attached hydrogen (secondary N) is 2. The van der Waals surface area contributed by atoms with E-state index in [0.29, 0.717) is 0 Å². The number of hydrogen-bond acceptors (Lipinski definition) is 2. The molecule has 84 valence electrons. The summed E-state index contributed by atoms with van der Waals surface area (Å²) in [5, 5.41) is 4.57. The number of pyridine rings is 1. The second kappa shape index (κ2) is 4.29. The molecule has 2 aromatic heterocycles. The topological polar surface area (TPSA) is 40.7 Å². The highest BCUT2D eigenvalue weighted by Crippen LogP contribution is 2.14. The van der Waals surface area contributed by atoms with Gasteiger partial charge in [-0.2, -0.15) is 0 Å². The Morgan fingerprint density at radius 3 is 2.82 bits per heavy atom. The fourth-order valence-corrected chi connectivity index (χ4v) is 1.88. The molecule has 0 aliphatic heterocycles. The van der Waals surface area contributed by atoms with E-state index in [1.165, 1.54) is 5.39 Å². The second-order valence-corrected chi connectivity index (χ2v) is 3.98. The molecule has 3 heteroatoms. The second-order valence-electron chi connectivity index (χ2n) is 3.98. The number of rotatable bonds is 3. The van der Waals surface area contributed by atoms with E-state index in [-0.39, 0.29) is 0 Å². The summed E-state index contributed by atoms with van der Waals surface area (Å²) in [6.45, 7) is 0.790. The average molecular weight is 223 g/mol. The molecule has 17 heavy (non-hydrogen) atoms. The first-order valence-corrected chi connectivity index (χ1v) is 5.62. The first-order chi connectivity index (χ1) is 8.42. The number of para-hydroxylation sites is 1. The van der Waals surface area contributed by atoms with Crippen LogP contribution in [0.2, 0.25) is 0 Å². The zero-order chi connectivity index (χ0) is 11.5. The molecule has 2 heterocycles. The van der Waals surface area contributed by atoms with Crippen molar-refractivity contribution in [2.45, 2.75) is 6.54 Å². The van der Waals surface area contributed by atoms with E-state index in [9.17, 15) is 0 Å². The van der Waals surface area contributed by atoms with Gasteiger partial charge in [-0.3, -0.25) is 4.98 Å². The van der Waals surface area contributed by atoms with Gasteiger partial charge in [-0.1, -0.05) is 18.2 Å². The largest absolute Gasteiger partial charge is 0.379 e. The monoisotopic (exact) mass is 223 g/mol. The third-order valence-corrected chi connectivity index (χ3v) is 2.74. The highest BCUT2D eigenvalue weighted by atomic mass is 14.9. The lowest BCUT2D eigenvalue weighted by Gasteiger charge is -2.03. The summed E-state index contributed by atoms with van der Waals surface area (Å²) in [6, 6.07) is 14.3. The van der Waals surface area contributed by atoms with Crippen molar-refractivity contribution in [3.63, 3.8) is 0 Å². The van der Waals surface area contributed by atoms with Crippen LogP contribution in [0.5, 0.6) is 0 Å². The lowest BCUT2D eigenvalue weighted by molar-refractivity contribution is 1.08. The molecule has 0 unspecified atom stereocenters. The molecule has 0 saturated heterocycles. The smallest absolute Gasteiger partial charge is 0.0643 e. The van der Waals surface area contributed by atoms with E-state index in [0.717, 1.165) is 23.4 Å². The van der Waals surface area contributed by atoms with E-state index >= 15 is 0 Å². The van der Waals surface area contributed by atoms with E-state index < -0.39 is 0 Å². The summed E-state index contributed by atoms with van der Waals surface area (Å²) in [6.07, 6.45) is 3.66. The molecule has 0 aliphatic carbocycles. The van der Waals surface area contributed by atoms with Gasteiger partial charge >= 0.3 is 0 Å². The van der Waals surface area contributed by atoms with Crippen molar-refractivity contribution >= 4 is 16.6 Å². The fourth-order valence-electron chi connectivity index (χ4n) is 1.88. The van der Waals surface area contributed by atoms with Gasteiger partial charge in [0, 0.05) is 23.0 Å². The lowest BCUT2D eigenvalue weighted by Crippen LogP contribution is -1.98. The molecule has 0 atom stereocenters. The normalized spacial score (nSPS) is 10.6. The minimum atomic E-state index is 0.790. The Morgan fingerprint density at radius 1 is 1.12 bits per heavy atom. The minimum Gasteiger partial charge on any atom is -0.379 e. The highest BCUT2D eigenvalue weighted by Gasteiger charge is 1.99. The van der Waals surface area contributed by atoms with E-state index in [1.807, 2.05) is 36.7 Å². The Morgan fingerprint density at radius 2 is 2.00 bits per heavy atom. The molecule has 3 aromatic rings. The van der Waals surface area contributed by atoms with Crippen molar-refractivity contribution in [2.24, 2.45) is 0 Å². The van der Waals surface area contributed by atoms with Crippen molar-refractivity contribution in [3.8, 4) is 0 Å². The van der Waals surface area contributed by atoms with Crippen molar-refractivity contribution in [3.05, 3.63) is 60.6 Å². The number of hydrogen-bond donors (Lipinski definition) is 2. The Kier molecular flexibility index (Phi) is 2.50. The molecule has 0 amide bonds. The van der Waals surface area contributed by atoms with E-state index in [4.69, 9.17) is 0 Å². The summed E-state index contributed by atoms with van der Waals surface area (Å²) in [7, 11) is 0. The number of fused-ring (bicyclic) bond motifs is 1. The van der Waals surface area contributed by atoms with Gasteiger partial charge in [0.2, 0.25) is 0 Å². The van der Waals surface area contributed by atoms with Crippen molar-refractivity contribution in [1.82, 2.24) is 9.97 Å². The zero-order valence-corrected chi connectivity index (χ0v) is 9.35. The van der Waals surface area contributed by atoms with Crippen LogP contribution in [0.3, 0.4) is 0 Å². The summed E-state index contributed by atoms with van der Waals surface area (Å²) in [5.74, 6) is 0. The molecule has 1 aromatic carbocycles. The predicted molar refractivity (Wildman–Crippen MR) is 69.9 cm³/mol. The summed E-state index contributed by atoms with van der Waals surface area (Å²) >= 11 is 0. The summed E-state index contributed by atoms with van der Waals surface area (Å²) in [5.41, 5.74) is 3.37. The predicted octanol–water partition coefficient (Wildman–Crippen LogP) is 3.18. The van der Waals surface area contributed by atoms with Gasteiger partial charge in [0.15, 0.2) is 0 Å². The molecule has 0 fully saturated rings. The highest BCUT2D eigenvalue weighted by molar-refractivity contribution is 5.79. The maximum atomic E-state index is 4.09. The maximum absolute atomic E-state index is 4.09. The van der Waals surface area contributed by atoms with Crippen LogP contribution in [0.15, 0.2) is 54.9 Å². The van der Waals surface area contributed by atoms with Crippen molar-refractivity contribution in [2.75, 3.05) is 5.32 Å². The standard InChI is InChI=1S/C14H13N3/c1-2-4-12(5-3-1)16-9-13-8-11-6-7-15-10-14(11)17-13/h1-8,10,16-17H,9H2. The molecule has 0 spiro atoms. The van der Waals surface area contributed by atoms with Crippen LogP contribution in [-0.4, -0.2) is 9.97 Å². The Hall–Kier alpha value is -2.29. The van der Waals surface area contributed by atoms with Gasteiger partial charge in [0.25, 0.3) is 0 Å². The summed E-state index contributed by atoms with van der Waals surface area (Å²) in [4.78, 5) is 7.43. The molecule has 2 N–H and O–H groups in total. The lowest BCUT2D eigenvalue weighted by atomic mass is 10.3. The Labute approximate surface area is 99.5 Å².